The van der Waals surface area contributed by atoms with E-state index in [1.54, 1.807) is 12.3 Å². The Hall–Kier alpha value is -0.0900. The Morgan fingerprint density at radius 1 is 1.56 bits per heavy atom. The minimum Gasteiger partial charge on any atom is -0.268 e. The minimum absolute atomic E-state index is 0.0793. The number of aromatic nitrogens is 1. The van der Waals surface area contributed by atoms with Gasteiger partial charge in [0.05, 0.1) is 16.1 Å². The summed E-state index contributed by atoms with van der Waals surface area (Å²) in [5.74, 6) is 0. The molecule has 0 saturated heterocycles. The number of nitrogens with zero attached hydrogens (tertiary/aromatic N) is 1. The Balaban J connectivity index is 3.34. The van der Waals surface area contributed by atoms with E-state index in [4.69, 9.17) is 0 Å². The lowest BCUT2D eigenvalue weighted by Gasteiger charge is -1.90. The van der Waals surface area contributed by atoms with Gasteiger partial charge in [0.15, 0.2) is 0 Å². The van der Waals surface area contributed by atoms with E-state index in [1.807, 2.05) is 0 Å². The van der Waals surface area contributed by atoms with Crippen LogP contribution in [-0.2, 0) is 0 Å². The highest BCUT2D eigenvalue weighted by Gasteiger charge is 1.89. The first-order chi connectivity index (χ1) is 4.20. The minimum atomic E-state index is -0.0793. The largest absolute Gasteiger partial charge is 0.268 e. The van der Waals surface area contributed by atoms with Crippen molar-refractivity contribution >= 4 is 32.1 Å². The number of halogens is 2. The monoisotopic (exact) mass is 251 g/mol. The van der Waals surface area contributed by atoms with E-state index in [9.17, 15) is 4.79 Å². The number of pyridine rings is 1. The van der Waals surface area contributed by atoms with Crippen molar-refractivity contribution < 1.29 is 0 Å². The molecule has 0 saturated carbocycles. The maximum Gasteiger partial charge on any atom is 0.261 e. The molecule has 0 radical (unpaired) electrons. The number of hydrogen-bond acceptors (Lipinski definition) is 1. The first kappa shape index (κ1) is 7.02. The van der Waals surface area contributed by atoms with Gasteiger partial charge in [0.1, 0.15) is 0 Å². The maximum atomic E-state index is 10.7. The van der Waals surface area contributed by atoms with Gasteiger partial charge in [-0.25, -0.2) is 0 Å². The highest BCUT2D eigenvalue weighted by molar-refractivity contribution is 9.10. The Morgan fingerprint density at radius 3 is 2.67 bits per heavy atom. The SMILES string of the molecule is O=c1cc(Br)ccn1Br. The Kier molecular flexibility index (Phi) is 2.08. The predicted octanol–water partition coefficient (Wildman–Crippen LogP) is 1.77. The molecule has 0 N–H and O–H groups in total. The smallest absolute Gasteiger partial charge is 0.261 e. The standard InChI is InChI=1S/C5H3Br2NO/c6-4-1-2-8(7)5(9)3-4/h1-3H. The molecule has 1 rings (SSSR count). The molecule has 2 nitrogen and oxygen atoms in total. The molecule has 1 heterocycles. The zero-order valence-electron chi connectivity index (χ0n) is 4.34. The molecule has 0 fully saturated rings. The van der Waals surface area contributed by atoms with Gasteiger partial charge < -0.3 is 0 Å². The van der Waals surface area contributed by atoms with Crippen LogP contribution in [0.2, 0.25) is 0 Å². The third kappa shape index (κ3) is 1.66. The molecule has 9 heavy (non-hydrogen) atoms. The van der Waals surface area contributed by atoms with E-state index < -0.39 is 0 Å². The van der Waals surface area contributed by atoms with E-state index in [1.165, 1.54) is 9.66 Å². The Labute approximate surface area is 69.0 Å². The predicted molar refractivity (Wildman–Crippen MR) is 42.7 cm³/mol. The van der Waals surface area contributed by atoms with Gasteiger partial charge in [0.25, 0.3) is 5.56 Å². The van der Waals surface area contributed by atoms with Crippen LogP contribution in [0.3, 0.4) is 0 Å². The van der Waals surface area contributed by atoms with Gasteiger partial charge >= 0.3 is 0 Å². The molecular weight excluding hydrogens is 250 g/mol. The van der Waals surface area contributed by atoms with Crippen molar-refractivity contribution in [2.24, 2.45) is 0 Å². The summed E-state index contributed by atoms with van der Waals surface area (Å²) in [6.07, 6.45) is 1.63. The van der Waals surface area contributed by atoms with Crippen molar-refractivity contribution in [3.05, 3.63) is 33.2 Å². The number of rotatable bonds is 0. The van der Waals surface area contributed by atoms with Crippen LogP contribution in [0.15, 0.2) is 27.6 Å². The first-order valence-corrected chi connectivity index (χ1v) is 3.75. The van der Waals surface area contributed by atoms with Crippen LogP contribution < -0.4 is 5.56 Å². The van der Waals surface area contributed by atoms with Crippen LogP contribution in [0.5, 0.6) is 0 Å². The highest BCUT2D eigenvalue weighted by atomic mass is 79.9. The molecule has 0 bridgehead atoms. The van der Waals surface area contributed by atoms with Gasteiger partial charge in [0.2, 0.25) is 0 Å². The topological polar surface area (TPSA) is 22.0 Å². The average molecular weight is 253 g/mol. The van der Waals surface area contributed by atoms with Gasteiger partial charge in [-0.15, -0.1) is 0 Å². The fraction of sp³-hybridized carbons (Fsp3) is 0. The molecule has 0 spiro atoms. The summed E-state index contributed by atoms with van der Waals surface area (Å²) in [5.41, 5.74) is -0.0793. The summed E-state index contributed by atoms with van der Waals surface area (Å²) in [7, 11) is 0. The Bertz CT molecular complexity index is 268. The molecule has 1 aromatic rings. The van der Waals surface area contributed by atoms with Gasteiger partial charge in [-0.1, -0.05) is 15.9 Å². The zero-order chi connectivity index (χ0) is 6.85. The molecule has 0 atom stereocenters. The van der Waals surface area contributed by atoms with Crippen molar-refractivity contribution in [3.8, 4) is 0 Å². The summed E-state index contributed by atoms with van der Waals surface area (Å²) in [5, 5.41) is 0. The van der Waals surface area contributed by atoms with E-state index in [0.29, 0.717) is 0 Å². The van der Waals surface area contributed by atoms with Crippen LogP contribution in [-0.4, -0.2) is 3.59 Å². The Morgan fingerprint density at radius 2 is 2.22 bits per heavy atom. The summed E-state index contributed by atoms with van der Waals surface area (Å²) >= 11 is 6.17. The molecule has 0 aliphatic carbocycles. The van der Waals surface area contributed by atoms with E-state index >= 15 is 0 Å². The van der Waals surface area contributed by atoms with Crippen molar-refractivity contribution in [3.63, 3.8) is 0 Å². The van der Waals surface area contributed by atoms with Gasteiger partial charge in [-0.3, -0.25) is 8.39 Å². The molecule has 0 aliphatic rings. The highest BCUT2D eigenvalue weighted by Crippen LogP contribution is 2.03. The van der Waals surface area contributed by atoms with Crippen LogP contribution in [0.1, 0.15) is 0 Å². The first-order valence-electron chi connectivity index (χ1n) is 2.24. The third-order valence-electron chi connectivity index (χ3n) is 0.837. The van der Waals surface area contributed by atoms with Crippen molar-refractivity contribution in [1.29, 1.82) is 0 Å². The van der Waals surface area contributed by atoms with E-state index in [2.05, 4.69) is 32.1 Å². The molecule has 1 aromatic heterocycles. The molecule has 0 unspecified atom stereocenters. The molecule has 0 aliphatic heterocycles. The van der Waals surface area contributed by atoms with Gasteiger partial charge in [-0.2, -0.15) is 0 Å². The van der Waals surface area contributed by atoms with Crippen LogP contribution in [0.25, 0.3) is 0 Å². The molecule has 0 amide bonds. The summed E-state index contributed by atoms with van der Waals surface area (Å²) in [6, 6.07) is 3.25. The lowest BCUT2D eigenvalue weighted by atomic mass is 10.5. The third-order valence-corrected chi connectivity index (χ3v) is 1.92. The van der Waals surface area contributed by atoms with Crippen LogP contribution >= 0.6 is 32.1 Å². The molecular formula is C5H3Br2NO. The van der Waals surface area contributed by atoms with Crippen molar-refractivity contribution in [2.45, 2.75) is 0 Å². The fourth-order valence-electron chi connectivity index (χ4n) is 0.438. The average Bonchev–Trinajstić information content (AvgIpc) is 1.80. The fourth-order valence-corrected chi connectivity index (χ4v) is 0.972. The van der Waals surface area contributed by atoms with Crippen molar-refractivity contribution in [1.82, 2.24) is 3.59 Å². The quantitative estimate of drug-likeness (QED) is 0.690. The van der Waals surface area contributed by atoms with Gasteiger partial charge in [-0.05, 0) is 6.07 Å². The second-order valence-corrected chi connectivity index (χ2v) is 3.17. The number of hydrogen-bond donors (Lipinski definition) is 0. The van der Waals surface area contributed by atoms with Gasteiger partial charge in [0, 0.05) is 16.7 Å². The normalized spacial score (nSPS) is 9.56. The van der Waals surface area contributed by atoms with Crippen LogP contribution in [0.4, 0.5) is 0 Å². The molecule has 48 valence electrons. The van der Waals surface area contributed by atoms with E-state index in [-0.39, 0.29) is 5.56 Å². The second-order valence-electron chi connectivity index (χ2n) is 1.49. The van der Waals surface area contributed by atoms with Crippen molar-refractivity contribution in [2.75, 3.05) is 0 Å². The lowest BCUT2D eigenvalue weighted by Crippen LogP contribution is -2.08. The maximum absolute atomic E-state index is 10.7. The molecule has 4 heteroatoms. The second kappa shape index (κ2) is 2.66. The molecule has 0 aromatic carbocycles. The van der Waals surface area contributed by atoms with E-state index in [0.717, 1.165) is 4.47 Å². The summed E-state index contributed by atoms with van der Waals surface area (Å²) in [6.45, 7) is 0. The summed E-state index contributed by atoms with van der Waals surface area (Å²) in [4.78, 5) is 10.7. The van der Waals surface area contributed by atoms with Crippen LogP contribution in [0, 0.1) is 0 Å². The summed E-state index contributed by atoms with van der Waals surface area (Å²) < 4.78 is 2.13. The zero-order valence-corrected chi connectivity index (χ0v) is 7.52. The lowest BCUT2D eigenvalue weighted by molar-refractivity contribution is 1.17.